The number of para-hydroxylation sites is 1. The lowest BCUT2D eigenvalue weighted by atomic mass is 10.1. The van der Waals surface area contributed by atoms with Gasteiger partial charge in [-0.15, -0.1) is 0 Å². The number of ether oxygens (including phenoxy) is 1. The number of aryl methyl sites for hydroxylation is 1. The second-order valence-electron chi connectivity index (χ2n) is 6.22. The van der Waals surface area contributed by atoms with E-state index in [1.807, 2.05) is 5.43 Å². The fraction of sp³-hybridized carbons (Fsp3) is 0.150. The fourth-order valence-corrected chi connectivity index (χ4v) is 2.76. The molecule has 0 aliphatic carbocycles. The Balaban J connectivity index is 1.98. The van der Waals surface area contributed by atoms with E-state index in [1.165, 1.54) is 38.3 Å². The van der Waals surface area contributed by atoms with Crippen molar-refractivity contribution < 1.29 is 22.7 Å². The molecule has 0 atom stereocenters. The highest BCUT2D eigenvalue weighted by Gasteiger charge is 2.41. The molecule has 1 aromatic heterocycles. The van der Waals surface area contributed by atoms with Crippen molar-refractivity contribution in [2.45, 2.75) is 13.1 Å². The van der Waals surface area contributed by atoms with Crippen LogP contribution >= 0.6 is 0 Å². The number of alkyl halides is 3. The number of carbonyl (C=O) groups excluding carboxylic acids is 1. The Morgan fingerprint density at radius 3 is 2.30 bits per heavy atom. The lowest BCUT2D eigenvalue weighted by Crippen LogP contribution is -2.33. The van der Waals surface area contributed by atoms with E-state index in [4.69, 9.17) is 4.74 Å². The first kappa shape index (κ1) is 20.9. The molecule has 7 nitrogen and oxygen atoms in total. The summed E-state index contributed by atoms with van der Waals surface area (Å²) in [6.07, 6.45) is -4.98. The van der Waals surface area contributed by atoms with Crippen LogP contribution in [-0.4, -0.2) is 34.7 Å². The minimum Gasteiger partial charge on any atom is -0.497 e. The smallest absolute Gasteiger partial charge is 0.435 e. The molecule has 0 bridgehead atoms. The monoisotopic (exact) mass is 418 g/mol. The number of aromatic nitrogens is 2. The van der Waals surface area contributed by atoms with Crippen LogP contribution in [0.25, 0.3) is 5.69 Å². The zero-order valence-corrected chi connectivity index (χ0v) is 15.9. The average molecular weight is 418 g/mol. The second-order valence-corrected chi connectivity index (χ2v) is 6.22. The minimum absolute atomic E-state index is 0.0429. The van der Waals surface area contributed by atoms with Crippen LogP contribution in [0.2, 0.25) is 0 Å². The third kappa shape index (κ3) is 4.27. The third-order valence-electron chi connectivity index (χ3n) is 4.21. The number of hydrogen-bond acceptors (Lipinski definition) is 4. The molecular formula is C20H17F3N4O3. The Hall–Kier alpha value is -3.82. The summed E-state index contributed by atoms with van der Waals surface area (Å²) in [4.78, 5) is 24.9. The van der Waals surface area contributed by atoms with Gasteiger partial charge in [0.15, 0.2) is 5.71 Å². The number of benzene rings is 2. The Morgan fingerprint density at radius 2 is 1.73 bits per heavy atom. The first-order valence-corrected chi connectivity index (χ1v) is 8.69. The number of H-pyrrole nitrogens is 1. The molecule has 2 N–H and O–H groups in total. The van der Waals surface area contributed by atoms with Crippen LogP contribution in [0.5, 0.6) is 5.75 Å². The number of halogens is 3. The molecule has 3 aromatic rings. The fourth-order valence-electron chi connectivity index (χ4n) is 2.76. The second kappa shape index (κ2) is 8.27. The van der Waals surface area contributed by atoms with Crippen molar-refractivity contribution in [1.29, 1.82) is 0 Å². The standard InChI is InChI=1S/C20H17F3N4O3/c1-12-16(19(29)27(26-12)14-6-4-3-5-7-14)17(20(21,22)23)24-25-18(28)13-8-10-15(30-2)11-9-13/h3-11,26H,1-2H3,(H,25,28)/b24-17-. The number of hydrogen-bond donors (Lipinski definition) is 2. The average Bonchev–Trinajstić information content (AvgIpc) is 3.02. The quantitative estimate of drug-likeness (QED) is 0.493. The van der Waals surface area contributed by atoms with Gasteiger partial charge >= 0.3 is 6.18 Å². The summed E-state index contributed by atoms with van der Waals surface area (Å²) in [5.41, 5.74) is -0.851. The summed E-state index contributed by atoms with van der Waals surface area (Å²) in [7, 11) is 1.44. The van der Waals surface area contributed by atoms with E-state index < -0.39 is 28.9 Å². The summed E-state index contributed by atoms with van der Waals surface area (Å²) in [6, 6.07) is 13.9. The van der Waals surface area contributed by atoms with Crippen LogP contribution in [0.15, 0.2) is 64.5 Å². The Kier molecular flexibility index (Phi) is 5.77. The molecule has 0 spiro atoms. The van der Waals surface area contributed by atoms with Crippen molar-refractivity contribution in [2.75, 3.05) is 7.11 Å². The number of methoxy groups -OCH3 is 1. The van der Waals surface area contributed by atoms with E-state index in [2.05, 4.69) is 10.2 Å². The van der Waals surface area contributed by atoms with Gasteiger partial charge in [-0.3, -0.25) is 14.7 Å². The molecule has 0 unspecified atom stereocenters. The van der Waals surface area contributed by atoms with Gasteiger partial charge in [-0.1, -0.05) is 18.2 Å². The third-order valence-corrected chi connectivity index (χ3v) is 4.21. The molecule has 0 radical (unpaired) electrons. The van der Waals surface area contributed by atoms with Crippen molar-refractivity contribution in [3.05, 3.63) is 81.8 Å². The Bertz CT molecular complexity index is 1130. The molecule has 1 heterocycles. The highest BCUT2D eigenvalue weighted by molar-refractivity contribution is 6.06. The van der Waals surface area contributed by atoms with Crippen molar-refractivity contribution in [3.63, 3.8) is 0 Å². The molecule has 2 aromatic carbocycles. The van der Waals surface area contributed by atoms with Crippen molar-refractivity contribution in [2.24, 2.45) is 5.10 Å². The number of nitrogens with zero attached hydrogens (tertiary/aromatic N) is 2. The lowest BCUT2D eigenvalue weighted by molar-refractivity contribution is -0.0584. The van der Waals surface area contributed by atoms with Gasteiger partial charge < -0.3 is 4.74 Å². The zero-order valence-electron chi connectivity index (χ0n) is 15.9. The summed E-state index contributed by atoms with van der Waals surface area (Å²) in [6.45, 7) is 1.32. The van der Waals surface area contributed by atoms with Gasteiger partial charge in [0.1, 0.15) is 5.75 Å². The zero-order chi connectivity index (χ0) is 21.9. The Morgan fingerprint density at radius 1 is 1.10 bits per heavy atom. The van der Waals surface area contributed by atoms with Gasteiger partial charge in [0.2, 0.25) is 0 Å². The van der Waals surface area contributed by atoms with E-state index in [-0.39, 0.29) is 11.3 Å². The van der Waals surface area contributed by atoms with Crippen LogP contribution in [0.3, 0.4) is 0 Å². The largest absolute Gasteiger partial charge is 0.497 e. The van der Waals surface area contributed by atoms with Crippen LogP contribution < -0.4 is 15.7 Å². The van der Waals surface area contributed by atoms with Crippen molar-refractivity contribution in [3.8, 4) is 11.4 Å². The number of amides is 1. The normalized spacial score (nSPS) is 12.0. The highest BCUT2D eigenvalue weighted by Crippen LogP contribution is 2.23. The number of rotatable bonds is 5. The van der Waals surface area contributed by atoms with Gasteiger partial charge in [-0.05, 0) is 43.3 Å². The molecule has 1 amide bonds. The summed E-state index contributed by atoms with van der Waals surface area (Å²) < 4.78 is 47.0. The van der Waals surface area contributed by atoms with Crippen molar-refractivity contribution in [1.82, 2.24) is 15.2 Å². The van der Waals surface area contributed by atoms with Gasteiger partial charge in [0.05, 0.1) is 18.4 Å². The molecule has 0 aliphatic heterocycles. The maximum Gasteiger partial charge on any atom is 0.435 e. The van der Waals surface area contributed by atoms with E-state index >= 15 is 0 Å². The van der Waals surface area contributed by atoms with Crippen LogP contribution in [-0.2, 0) is 0 Å². The van der Waals surface area contributed by atoms with E-state index in [1.54, 1.807) is 30.3 Å². The maximum absolute atomic E-state index is 13.7. The predicted molar refractivity (Wildman–Crippen MR) is 104 cm³/mol. The van der Waals surface area contributed by atoms with Crippen LogP contribution in [0.1, 0.15) is 21.6 Å². The van der Waals surface area contributed by atoms with E-state index in [0.717, 1.165) is 4.68 Å². The molecule has 0 saturated heterocycles. The predicted octanol–water partition coefficient (Wildman–Crippen LogP) is 3.18. The van der Waals surface area contributed by atoms with Gasteiger partial charge in [-0.2, -0.15) is 18.3 Å². The first-order valence-electron chi connectivity index (χ1n) is 8.69. The molecule has 3 rings (SSSR count). The SMILES string of the molecule is COc1ccc(C(=O)N/N=C(/c2c(C)[nH]n(-c3ccccc3)c2=O)C(F)(F)F)cc1. The highest BCUT2D eigenvalue weighted by atomic mass is 19.4. The van der Waals surface area contributed by atoms with E-state index in [0.29, 0.717) is 11.4 Å². The number of carbonyl (C=O) groups is 1. The molecule has 30 heavy (non-hydrogen) atoms. The molecule has 0 saturated carbocycles. The maximum atomic E-state index is 13.7. The van der Waals surface area contributed by atoms with Gasteiger partial charge in [0.25, 0.3) is 11.5 Å². The number of aromatic amines is 1. The summed E-state index contributed by atoms with van der Waals surface area (Å²) >= 11 is 0. The van der Waals surface area contributed by atoms with Crippen LogP contribution in [0, 0.1) is 6.92 Å². The first-order chi connectivity index (χ1) is 14.2. The van der Waals surface area contributed by atoms with Crippen LogP contribution in [0.4, 0.5) is 13.2 Å². The minimum atomic E-state index is -4.98. The van der Waals surface area contributed by atoms with Crippen molar-refractivity contribution >= 4 is 11.6 Å². The molecular weight excluding hydrogens is 401 g/mol. The topological polar surface area (TPSA) is 88.5 Å². The molecule has 0 fully saturated rings. The molecule has 10 heteroatoms. The molecule has 0 aliphatic rings. The number of nitrogens with one attached hydrogen (secondary N) is 2. The van der Waals surface area contributed by atoms with E-state index in [9.17, 15) is 22.8 Å². The summed E-state index contributed by atoms with van der Waals surface area (Å²) in [5.74, 6) is -0.383. The van der Waals surface area contributed by atoms with Gasteiger partial charge in [-0.25, -0.2) is 10.1 Å². The van der Waals surface area contributed by atoms with Gasteiger partial charge in [0, 0.05) is 11.3 Å². The Labute approximate surface area is 168 Å². The lowest BCUT2D eigenvalue weighted by Gasteiger charge is -2.09. The number of hydrazone groups is 1. The molecule has 156 valence electrons. The summed E-state index contributed by atoms with van der Waals surface area (Å²) in [5, 5.41) is 5.85.